The van der Waals surface area contributed by atoms with Crippen LogP contribution in [0.2, 0.25) is 0 Å². The summed E-state index contributed by atoms with van der Waals surface area (Å²) in [7, 11) is 0. The van der Waals surface area contributed by atoms with Crippen molar-refractivity contribution in [3.63, 3.8) is 0 Å². The molecule has 0 unspecified atom stereocenters. The molecule has 0 aromatic carbocycles. The van der Waals surface area contributed by atoms with Gasteiger partial charge in [-0.3, -0.25) is 9.78 Å². The van der Waals surface area contributed by atoms with Gasteiger partial charge in [0.2, 0.25) is 5.91 Å². The lowest BCUT2D eigenvalue weighted by molar-refractivity contribution is -0.115. The van der Waals surface area contributed by atoms with Crippen LogP contribution in [0.15, 0.2) is 24.5 Å². The van der Waals surface area contributed by atoms with Crippen LogP contribution >= 0.6 is 12.6 Å². The predicted molar refractivity (Wildman–Crippen MR) is 51.3 cm³/mol. The van der Waals surface area contributed by atoms with Crippen molar-refractivity contribution in [1.29, 1.82) is 0 Å². The van der Waals surface area contributed by atoms with E-state index in [1.54, 1.807) is 24.5 Å². The predicted octanol–water partition coefficient (Wildman–Crippen LogP) is 1.34. The Bertz CT molecular complexity index is 250. The summed E-state index contributed by atoms with van der Waals surface area (Å²) in [6.07, 6.45) is 3.71. The number of amides is 1. The van der Waals surface area contributed by atoms with Gasteiger partial charge in [-0.1, -0.05) is 0 Å². The number of nitrogens with one attached hydrogen (secondary N) is 1. The molecule has 0 fully saturated rings. The first-order valence-corrected chi connectivity index (χ1v) is 4.27. The molecular formula is C8H10N2OS. The van der Waals surface area contributed by atoms with Crippen molar-refractivity contribution in [3.8, 4) is 0 Å². The highest BCUT2D eigenvalue weighted by Crippen LogP contribution is 2.03. The lowest BCUT2D eigenvalue weighted by Crippen LogP contribution is -2.11. The van der Waals surface area contributed by atoms with E-state index in [2.05, 4.69) is 22.9 Å². The number of anilines is 1. The lowest BCUT2D eigenvalue weighted by Gasteiger charge is -2.01. The Hall–Kier alpha value is -1.03. The van der Waals surface area contributed by atoms with Gasteiger partial charge in [0.25, 0.3) is 0 Å². The zero-order valence-electron chi connectivity index (χ0n) is 6.53. The van der Waals surface area contributed by atoms with Crippen molar-refractivity contribution in [2.24, 2.45) is 0 Å². The number of nitrogens with zero attached hydrogens (tertiary/aromatic N) is 1. The van der Waals surface area contributed by atoms with Gasteiger partial charge in [-0.15, -0.1) is 0 Å². The highest BCUT2D eigenvalue weighted by atomic mass is 32.1. The second-order valence-electron chi connectivity index (χ2n) is 2.26. The van der Waals surface area contributed by atoms with E-state index in [0.29, 0.717) is 12.2 Å². The van der Waals surface area contributed by atoms with E-state index in [1.165, 1.54) is 0 Å². The van der Waals surface area contributed by atoms with Crippen LogP contribution in [0.25, 0.3) is 0 Å². The van der Waals surface area contributed by atoms with E-state index in [9.17, 15) is 4.79 Å². The van der Waals surface area contributed by atoms with Gasteiger partial charge in [0.1, 0.15) is 0 Å². The summed E-state index contributed by atoms with van der Waals surface area (Å²) in [6, 6.07) is 3.49. The number of hydrogen-bond acceptors (Lipinski definition) is 3. The molecule has 1 aromatic rings. The summed E-state index contributed by atoms with van der Waals surface area (Å²) in [5.74, 6) is 0.549. The quantitative estimate of drug-likeness (QED) is 0.693. The highest BCUT2D eigenvalue weighted by molar-refractivity contribution is 7.80. The fourth-order valence-electron chi connectivity index (χ4n) is 0.760. The van der Waals surface area contributed by atoms with E-state index in [4.69, 9.17) is 0 Å². The first-order valence-electron chi connectivity index (χ1n) is 3.63. The van der Waals surface area contributed by atoms with E-state index in [1.807, 2.05) is 0 Å². The van der Waals surface area contributed by atoms with Crippen molar-refractivity contribution in [3.05, 3.63) is 24.5 Å². The van der Waals surface area contributed by atoms with Gasteiger partial charge in [0.15, 0.2) is 0 Å². The van der Waals surface area contributed by atoms with E-state index in [-0.39, 0.29) is 5.91 Å². The average molecular weight is 182 g/mol. The summed E-state index contributed by atoms with van der Waals surface area (Å²) in [6.45, 7) is 0. The summed E-state index contributed by atoms with van der Waals surface area (Å²) in [5.41, 5.74) is 0.775. The van der Waals surface area contributed by atoms with Gasteiger partial charge in [-0.25, -0.2) is 0 Å². The standard InChI is InChI=1S/C8H10N2OS/c11-8(3-6-12)10-7-1-4-9-5-2-7/h1-2,4-5,12H,3,6H2,(H,9,10,11). The summed E-state index contributed by atoms with van der Waals surface area (Å²) >= 11 is 3.95. The van der Waals surface area contributed by atoms with E-state index in [0.717, 1.165) is 5.69 Å². The van der Waals surface area contributed by atoms with Gasteiger partial charge < -0.3 is 5.32 Å². The molecule has 4 heteroatoms. The maximum Gasteiger partial charge on any atom is 0.225 e. The maximum absolute atomic E-state index is 11.0. The molecule has 1 heterocycles. The number of pyridine rings is 1. The molecule has 0 saturated heterocycles. The second kappa shape index (κ2) is 4.77. The zero-order valence-corrected chi connectivity index (χ0v) is 7.42. The van der Waals surface area contributed by atoms with Crippen LogP contribution < -0.4 is 5.32 Å². The normalized spacial score (nSPS) is 9.42. The third kappa shape index (κ3) is 2.92. The molecule has 0 bridgehead atoms. The molecule has 0 saturated carbocycles. The molecule has 3 nitrogen and oxygen atoms in total. The number of aromatic nitrogens is 1. The zero-order chi connectivity index (χ0) is 8.81. The topological polar surface area (TPSA) is 42.0 Å². The third-order valence-corrected chi connectivity index (χ3v) is 1.53. The van der Waals surface area contributed by atoms with Crippen LogP contribution in [0, 0.1) is 0 Å². The Morgan fingerprint density at radius 1 is 1.50 bits per heavy atom. The van der Waals surface area contributed by atoms with Gasteiger partial charge in [0.05, 0.1) is 0 Å². The Kier molecular flexibility index (Phi) is 3.60. The fraction of sp³-hybridized carbons (Fsp3) is 0.250. The maximum atomic E-state index is 11.0. The minimum atomic E-state index is -0.0174. The van der Waals surface area contributed by atoms with Crippen LogP contribution in [-0.2, 0) is 4.79 Å². The molecule has 0 aliphatic heterocycles. The molecule has 64 valence electrons. The number of hydrogen-bond donors (Lipinski definition) is 2. The van der Waals surface area contributed by atoms with Crippen molar-refractivity contribution in [2.45, 2.75) is 6.42 Å². The van der Waals surface area contributed by atoms with Gasteiger partial charge >= 0.3 is 0 Å². The molecule has 0 atom stereocenters. The van der Waals surface area contributed by atoms with Crippen molar-refractivity contribution < 1.29 is 4.79 Å². The number of thiol groups is 1. The van der Waals surface area contributed by atoms with Crippen molar-refractivity contribution in [1.82, 2.24) is 4.98 Å². The third-order valence-electron chi connectivity index (χ3n) is 1.30. The monoisotopic (exact) mass is 182 g/mol. The number of carbonyl (C=O) groups is 1. The second-order valence-corrected chi connectivity index (χ2v) is 2.70. The summed E-state index contributed by atoms with van der Waals surface area (Å²) in [4.78, 5) is 14.9. The minimum Gasteiger partial charge on any atom is -0.326 e. The minimum absolute atomic E-state index is 0.0174. The highest BCUT2D eigenvalue weighted by Gasteiger charge is 1.98. The number of carbonyl (C=O) groups excluding carboxylic acids is 1. The fourth-order valence-corrected chi connectivity index (χ4v) is 0.963. The van der Waals surface area contributed by atoms with Crippen LogP contribution in [-0.4, -0.2) is 16.6 Å². The SMILES string of the molecule is O=C(CCS)Nc1ccncc1. The molecule has 0 aliphatic rings. The summed E-state index contributed by atoms with van der Waals surface area (Å²) in [5, 5.41) is 2.72. The largest absolute Gasteiger partial charge is 0.326 e. The van der Waals surface area contributed by atoms with Crippen LogP contribution in [0.4, 0.5) is 5.69 Å². The van der Waals surface area contributed by atoms with Gasteiger partial charge in [-0.05, 0) is 17.9 Å². The molecule has 1 aromatic heterocycles. The Morgan fingerprint density at radius 2 is 2.17 bits per heavy atom. The first kappa shape index (κ1) is 9.06. The van der Waals surface area contributed by atoms with Gasteiger partial charge in [0, 0.05) is 24.5 Å². The smallest absolute Gasteiger partial charge is 0.225 e. The Balaban J connectivity index is 2.47. The van der Waals surface area contributed by atoms with Crippen molar-refractivity contribution in [2.75, 3.05) is 11.1 Å². The molecular weight excluding hydrogens is 172 g/mol. The molecule has 12 heavy (non-hydrogen) atoms. The van der Waals surface area contributed by atoms with E-state index < -0.39 is 0 Å². The Labute approximate surface area is 76.6 Å². The van der Waals surface area contributed by atoms with Crippen molar-refractivity contribution >= 4 is 24.2 Å². The number of rotatable bonds is 3. The molecule has 0 spiro atoms. The molecule has 1 N–H and O–H groups in total. The molecule has 1 amide bonds. The summed E-state index contributed by atoms with van der Waals surface area (Å²) < 4.78 is 0. The molecule has 0 aliphatic carbocycles. The van der Waals surface area contributed by atoms with Gasteiger partial charge in [-0.2, -0.15) is 12.6 Å². The molecule has 1 rings (SSSR count). The molecule has 0 radical (unpaired) electrons. The van der Waals surface area contributed by atoms with Crippen LogP contribution in [0.3, 0.4) is 0 Å². The van der Waals surface area contributed by atoms with E-state index >= 15 is 0 Å². The van der Waals surface area contributed by atoms with Crippen LogP contribution in [0.5, 0.6) is 0 Å². The van der Waals surface area contributed by atoms with Crippen LogP contribution in [0.1, 0.15) is 6.42 Å². The average Bonchev–Trinajstić information content (AvgIpc) is 2.06. The first-order chi connectivity index (χ1) is 5.83. The Morgan fingerprint density at radius 3 is 2.75 bits per heavy atom. The lowest BCUT2D eigenvalue weighted by atomic mass is 10.4.